The molecule has 6 heteroatoms. The van der Waals surface area contributed by atoms with Crippen LogP contribution in [-0.2, 0) is 6.54 Å². The first-order valence-electron chi connectivity index (χ1n) is 4.80. The Morgan fingerprint density at radius 2 is 2.25 bits per heavy atom. The molecule has 82 valence electrons. The summed E-state index contributed by atoms with van der Waals surface area (Å²) in [6.07, 6.45) is 6.32. The third-order valence-electron chi connectivity index (χ3n) is 2.02. The van der Waals surface area contributed by atoms with Crippen molar-refractivity contribution in [2.45, 2.75) is 13.5 Å². The zero-order valence-corrected chi connectivity index (χ0v) is 8.77. The third kappa shape index (κ3) is 2.41. The van der Waals surface area contributed by atoms with E-state index in [9.17, 15) is 4.79 Å². The Morgan fingerprint density at radius 3 is 2.88 bits per heavy atom. The fraction of sp³-hybridized carbons (Fsp3) is 0.200. The first kappa shape index (κ1) is 10.3. The van der Waals surface area contributed by atoms with Crippen molar-refractivity contribution in [2.24, 2.45) is 0 Å². The molecule has 2 rings (SSSR count). The number of carbonyl (C=O) groups excluding carboxylic acids is 1. The lowest BCUT2D eigenvalue weighted by atomic mass is 10.3. The summed E-state index contributed by atoms with van der Waals surface area (Å²) in [4.78, 5) is 19.7. The van der Waals surface area contributed by atoms with Crippen LogP contribution >= 0.6 is 0 Å². The maximum Gasteiger partial charge on any atom is 0.254 e. The zero-order chi connectivity index (χ0) is 11.4. The minimum atomic E-state index is -0.184. The number of aromatic amines is 1. The van der Waals surface area contributed by atoms with Gasteiger partial charge in [0.2, 0.25) is 0 Å². The Kier molecular flexibility index (Phi) is 2.90. The number of carbonyl (C=O) groups is 1. The quantitative estimate of drug-likeness (QED) is 0.781. The van der Waals surface area contributed by atoms with E-state index in [4.69, 9.17) is 0 Å². The zero-order valence-electron chi connectivity index (χ0n) is 8.77. The van der Waals surface area contributed by atoms with E-state index in [-0.39, 0.29) is 5.91 Å². The molecule has 0 aliphatic heterocycles. The number of rotatable bonds is 3. The van der Waals surface area contributed by atoms with E-state index in [2.05, 4.69) is 25.5 Å². The molecule has 1 amide bonds. The largest absolute Gasteiger partial charge is 0.346 e. The fourth-order valence-corrected chi connectivity index (χ4v) is 1.16. The SMILES string of the molecule is Cc1cnc(CNC(=O)c2cn[nH]c2)cn1. The lowest BCUT2D eigenvalue weighted by molar-refractivity contribution is 0.0950. The highest BCUT2D eigenvalue weighted by Gasteiger charge is 2.05. The van der Waals surface area contributed by atoms with Gasteiger partial charge in [-0.05, 0) is 6.92 Å². The van der Waals surface area contributed by atoms with Gasteiger partial charge in [-0.2, -0.15) is 5.10 Å². The first-order valence-corrected chi connectivity index (χ1v) is 4.80. The molecule has 0 spiro atoms. The van der Waals surface area contributed by atoms with Crippen molar-refractivity contribution in [3.8, 4) is 0 Å². The number of hydrogen-bond acceptors (Lipinski definition) is 4. The van der Waals surface area contributed by atoms with Crippen LogP contribution in [-0.4, -0.2) is 26.1 Å². The monoisotopic (exact) mass is 217 g/mol. The lowest BCUT2D eigenvalue weighted by Crippen LogP contribution is -2.22. The number of nitrogens with zero attached hydrogens (tertiary/aromatic N) is 3. The van der Waals surface area contributed by atoms with E-state index < -0.39 is 0 Å². The summed E-state index contributed by atoms with van der Waals surface area (Å²) in [5.41, 5.74) is 2.08. The molecule has 0 saturated heterocycles. The molecule has 6 nitrogen and oxygen atoms in total. The lowest BCUT2D eigenvalue weighted by Gasteiger charge is -2.02. The molecule has 0 aliphatic carbocycles. The van der Waals surface area contributed by atoms with Gasteiger partial charge in [0.05, 0.1) is 35.9 Å². The van der Waals surface area contributed by atoms with Gasteiger partial charge in [-0.1, -0.05) is 0 Å². The van der Waals surface area contributed by atoms with Crippen molar-refractivity contribution in [3.63, 3.8) is 0 Å². The molecule has 2 N–H and O–H groups in total. The standard InChI is InChI=1S/C10H11N5O/c1-7-2-12-9(5-11-7)6-13-10(16)8-3-14-15-4-8/h2-5H,6H2,1H3,(H,13,16)(H,14,15). The average Bonchev–Trinajstić information content (AvgIpc) is 2.81. The second kappa shape index (κ2) is 4.52. The van der Waals surface area contributed by atoms with Gasteiger partial charge in [0.15, 0.2) is 0 Å². The van der Waals surface area contributed by atoms with Gasteiger partial charge in [-0.3, -0.25) is 19.9 Å². The minimum absolute atomic E-state index is 0.184. The molecule has 2 aromatic heterocycles. The van der Waals surface area contributed by atoms with E-state index in [0.29, 0.717) is 12.1 Å². The van der Waals surface area contributed by atoms with E-state index in [1.54, 1.807) is 12.4 Å². The summed E-state index contributed by atoms with van der Waals surface area (Å²) in [6, 6.07) is 0. The van der Waals surface area contributed by atoms with E-state index >= 15 is 0 Å². The highest BCUT2D eigenvalue weighted by molar-refractivity contribution is 5.93. The summed E-state index contributed by atoms with van der Waals surface area (Å²) >= 11 is 0. The average molecular weight is 217 g/mol. The summed E-state index contributed by atoms with van der Waals surface area (Å²) in [5, 5.41) is 8.99. The van der Waals surface area contributed by atoms with Gasteiger partial charge in [-0.25, -0.2) is 0 Å². The molecule has 0 bridgehead atoms. The molecule has 16 heavy (non-hydrogen) atoms. The third-order valence-corrected chi connectivity index (χ3v) is 2.02. The molecular weight excluding hydrogens is 206 g/mol. The van der Waals surface area contributed by atoms with Crippen molar-refractivity contribution >= 4 is 5.91 Å². The van der Waals surface area contributed by atoms with E-state index in [1.807, 2.05) is 6.92 Å². The van der Waals surface area contributed by atoms with Crippen molar-refractivity contribution in [1.29, 1.82) is 0 Å². The Balaban J connectivity index is 1.93. The maximum absolute atomic E-state index is 11.5. The highest BCUT2D eigenvalue weighted by Crippen LogP contribution is 1.96. The summed E-state index contributed by atoms with van der Waals surface area (Å²) < 4.78 is 0. The van der Waals surface area contributed by atoms with Crippen LogP contribution < -0.4 is 5.32 Å². The van der Waals surface area contributed by atoms with Crippen LogP contribution in [0.4, 0.5) is 0 Å². The van der Waals surface area contributed by atoms with Crippen LogP contribution in [0.25, 0.3) is 0 Å². The van der Waals surface area contributed by atoms with Crippen LogP contribution in [0, 0.1) is 6.92 Å². The normalized spacial score (nSPS) is 10.1. The van der Waals surface area contributed by atoms with Crippen molar-refractivity contribution in [3.05, 3.63) is 41.7 Å². The van der Waals surface area contributed by atoms with E-state index in [1.165, 1.54) is 12.4 Å². The highest BCUT2D eigenvalue weighted by atomic mass is 16.1. The molecule has 0 unspecified atom stereocenters. The Labute approximate surface area is 92.1 Å². The fourth-order valence-electron chi connectivity index (χ4n) is 1.16. The molecule has 0 aromatic carbocycles. The maximum atomic E-state index is 11.5. The number of hydrogen-bond donors (Lipinski definition) is 2. The topological polar surface area (TPSA) is 83.6 Å². The number of nitrogens with one attached hydrogen (secondary N) is 2. The molecule has 0 aliphatic rings. The number of aryl methyl sites for hydroxylation is 1. The van der Waals surface area contributed by atoms with Gasteiger partial charge in [0.25, 0.3) is 5.91 Å². The van der Waals surface area contributed by atoms with Crippen LogP contribution in [0.2, 0.25) is 0 Å². The molecule has 2 heterocycles. The predicted molar refractivity (Wildman–Crippen MR) is 56.5 cm³/mol. The van der Waals surface area contributed by atoms with Crippen molar-refractivity contribution in [1.82, 2.24) is 25.5 Å². The Hall–Kier alpha value is -2.24. The van der Waals surface area contributed by atoms with Crippen LogP contribution in [0.3, 0.4) is 0 Å². The smallest absolute Gasteiger partial charge is 0.254 e. The molecular formula is C10H11N5O. The van der Waals surface area contributed by atoms with Gasteiger partial charge >= 0.3 is 0 Å². The number of H-pyrrole nitrogens is 1. The first-order chi connectivity index (χ1) is 7.75. The second-order valence-corrected chi connectivity index (χ2v) is 3.32. The molecule has 0 fully saturated rings. The number of amides is 1. The van der Waals surface area contributed by atoms with Crippen LogP contribution in [0.1, 0.15) is 21.7 Å². The second-order valence-electron chi connectivity index (χ2n) is 3.32. The summed E-state index contributed by atoms with van der Waals surface area (Å²) in [7, 11) is 0. The molecule has 0 saturated carbocycles. The Morgan fingerprint density at radius 1 is 1.38 bits per heavy atom. The van der Waals surface area contributed by atoms with Crippen molar-refractivity contribution < 1.29 is 4.79 Å². The minimum Gasteiger partial charge on any atom is -0.346 e. The van der Waals surface area contributed by atoms with Gasteiger partial charge in [-0.15, -0.1) is 0 Å². The van der Waals surface area contributed by atoms with Gasteiger partial charge < -0.3 is 5.32 Å². The molecule has 0 atom stereocenters. The summed E-state index contributed by atoms with van der Waals surface area (Å²) in [6.45, 7) is 2.22. The van der Waals surface area contributed by atoms with Crippen LogP contribution in [0.5, 0.6) is 0 Å². The Bertz CT molecular complexity index is 462. The van der Waals surface area contributed by atoms with E-state index in [0.717, 1.165) is 11.4 Å². The van der Waals surface area contributed by atoms with Gasteiger partial charge in [0.1, 0.15) is 0 Å². The van der Waals surface area contributed by atoms with Gasteiger partial charge in [0, 0.05) is 12.4 Å². The summed E-state index contributed by atoms with van der Waals surface area (Å²) in [5.74, 6) is -0.184. The van der Waals surface area contributed by atoms with Crippen LogP contribution in [0.15, 0.2) is 24.8 Å². The van der Waals surface area contributed by atoms with Crippen molar-refractivity contribution in [2.75, 3.05) is 0 Å². The molecule has 2 aromatic rings. The molecule has 0 radical (unpaired) electrons. The number of aromatic nitrogens is 4. The predicted octanol–water partition coefficient (Wildman–Crippen LogP) is 0.438.